The van der Waals surface area contributed by atoms with Gasteiger partial charge in [0.25, 0.3) is 17.7 Å². The second-order valence-electron chi connectivity index (χ2n) is 9.92. The number of thioether (sulfide) groups is 1. The van der Waals surface area contributed by atoms with E-state index >= 15 is 0 Å². The summed E-state index contributed by atoms with van der Waals surface area (Å²) in [5.74, 6) is -5.04. The van der Waals surface area contributed by atoms with Crippen molar-refractivity contribution in [2.45, 2.75) is 54.8 Å². The van der Waals surface area contributed by atoms with Gasteiger partial charge in [0.05, 0.1) is 36.6 Å². The Bertz CT molecular complexity index is 1290. The molecule has 2 aliphatic heterocycles. The number of fused-ring (bicyclic) bond motifs is 1. The molecule has 0 spiro atoms. The standard InChI is InChI=1S/C25H26F2N6O3S/c1-24(2,3)14-4-5-19-17(8-14)32-23(37-19)22(36)31-18-11-29-7-6-16(18)21(35)30-12-20(34)33-13-25(26,27)9-15(33)10-28/h4-8,11,15,23,32H,9,12-13H2,1-3H3,(H,30,35)(H,31,36)/t15-,23?/m0/s1. The molecule has 3 heterocycles. The van der Waals surface area contributed by atoms with Gasteiger partial charge in [0, 0.05) is 23.2 Å². The van der Waals surface area contributed by atoms with Gasteiger partial charge in [-0.05, 0) is 29.2 Å². The van der Waals surface area contributed by atoms with Crippen molar-refractivity contribution in [2.24, 2.45) is 0 Å². The number of benzene rings is 1. The number of hydrogen-bond donors (Lipinski definition) is 3. The van der Waals surface area contributed by atoms with Crippen molar-refractivity contribution in [3.63, 3.8) is 0 Å². The predicted molar refractivity (Wildman–Crippen MR) is 134 cm³/mol. The zero-order valence-electron chi connectivity index (χ0n) is 20.5. The Kier molecular flexibility index (Phi) is 7.10. The number of nitriles is 1. The van der Waals surface area contributed by atoms with E-state index in [9.17, 15) is 23.2 Å². The van der Waals surface area contributed by atoms with Crippen molar-refractivity contribution in [3.8, 4) is 6.07 Å². The van der Waals surface area contributed by atoms with Crippen LogP contribution in [0.25, 0.3) is 0 Å². The zero-order chi connectivity index (χ0) is 27.0. The van der Waals surface area contributed by atoms with Crippen LogP contribution in [0.2, 0.25) is 0 Å². The van der Waals surface area contributed by atoms with Gasteiger partial charge in [0.2, 0.25) is 5.91 Å². The number of hydrogen-bond acceptors (Lipinski definition) is 7. The predicted octanol–water partition coefficient (Wildman–Crippen LogP) is 3.35. The number of alkyl halides is 2. The van der Waals surface area contributed by atoms with E-state index in [1.54, 1.807) is 6.07 Å². The van der Waals surface area contributed by atoms with Crippen LogP contribution in [0.3, 0.4) is 0 Å². The van der Waals surface area contributed by atoms with Crippen LogP contribution in [-0.2, 0) is 15.0 Å². The molecule has 1 saturated heterocycles. The summed E-state index contributed by atoms with van der Waals surface area (Å²) < 4.78 is 27.3. The largest absolute Gasteiger partial charge is 0.364 e. The summed E-state index contributed by atoms with van der Waals surface area (Å²) in [7, 11) is 0. The number of carbonyl (C=O) groups excluding carboxylic acids is 3. The van der Waals surface area contributed by atoms with Gasteiger partial charge in [-0.2, -0.15) is 5.26 Å². The maximum absolute atomic E-state index is 13.6. The molecule has 4 rings (SSSR count). The van der Waals surface area contributed by atoms with E-state index in [4.69, 9.17) is 5.26 Å². The van der Waals surface area contributed by atoms with Crippen molar-refractivity contribution in [1.29, 1.82) is 5.26 Å². The van der Waals surface area contributed by atoms with Gasteiger partial charge in [0.1, 0.15) is 6.04 Å². The molecule has 1 aromatic carbocycles. The van der Waals surface area contributed by atoms with Gasteiger partial charge in [-0.15, -0.1) is 0 Å². The van der Waals surface area contributed by atoms with Crippen molar-refractivity contribution in [1.82, 2.24) is 15.2 Å². The van der Waals surface area contributed by atoms with Crippen molar-refractivity contribution >= 4 is 40.9 Å². The summed E-state index contributed by atoms with van der Waals surface area (Å²) in [6.45, 7) is 4.86. The van der Waals surface area contributed by atoms with Crippen LogP contribution >= 0.6 is 11.8 Å². The maximum Gasteiger partial charge on any atom is 0.268 e. The summed E-state index contributed by atoms with van der Waals surface area (Å²) in [6.07, 6.45) is 1.93. The molecule has 1 aromatic heterocycles. The molecule has 2 aliphatic rings. The van der Waals surface area contributed by atoms with Gasteiger partial charge in [-0.1, -0.05) is 38.6 Å². The number of anilines is 2. The number of nitrogens with zero attached hydrogens (tertiary/aromatic N) is 3. The molecule has 1 fully saturated rings. The molecule has 12 heteroatoms. The van der Waals surface area contributed by atoms with Gasteiger partial charge >= 0.3 is 0 Å². The molecule has 3 amide bonds. The molecule has 0 aliphatic carbocycles. The Morgan fingerprint density at radius 3 is 2.76 bits per heavy atom. The van der Waals surface area contributed by atoms with E-state index in [0.29, 0.717) is 0 Å². The van der Waals surface area contributed by atoms with Crippen molar-refractivity contribution < 1.29 is 23.2 Å². The molecular weight excluding hydrogens is 502 g/mol. The van der Waals surface area contributed by atoms with Crippen molar-refractivity contribution in [2.75, 3.05) is 23.7 Å². The number of carbonyl (C=O) groups is 3. The average Bonchev–Trinajstić information content (AvgIpc) is 3.41. The monoisotopic (exact) mass is 528 g/mol. The molecular formula is C25H26F2N6O3S. The normalized spacial score (nSPS) is 19.9. The first-order chi connectivity index (χ1) is 17.4. The molecule has 194 valence electrons. The van der Waals surface area contributed by atoms with E-state index in [-0.39, 0.29) is 16.7 Å². The Morgan fingerprint density at radius 1 is 1.30 bits per heavy atom. The molecule has 1 unspecified atom stereocenters. The summed E-state index contributed by atoms with van der Waals surface area (Å²) in [4.78, 5) is 43.8. The molecule has 0 bridgehead atoms. The van der Waals surface area contributed by atoms with Gasteiger partial charge < -0.3 is 20.9 Å². The minimum atomic E-state index is -3.15. The molecule has 3 N–H and O–H groups in total. The highest BCUT2D eigenvalue weighted by Gasteiger charge is 2.47. The summed E-state index contributed by atoms with van der Waals surface area (Å²) in [5.41, 5.74) is 2.11. The third-order valence-corrected chi connectivity index (χ3v) is 7.26. The summed E-state index contributed by atoms with van der Waals surface area (Å²) >= 11 is 1.35. The Hall–Kier alpha value is -3.72. The fraction of sp³-hybridized carbons (Fsp3) is 0.400. The van der Waals surface area contributed by atoms with Crippen LogP contribution in [0.5, 0.6) is 0 Å². The number of nitrogens with one attached hydrogen (secondary N) is 3. The lowest BCUT2D eigenvalue weighted by Crippen LogP contribution is -2.43. The quantitative estimate of drug-likeness (QED) is 0.543. The zero-order valence-corrected chi connectivity index (χ0v) is 21.3. The van der Waals surface area contributed by atoms with Gasteiger partial charge in [-0.25, -0.2) is 8.78 Å². The first-order valence-corrected chi connectivity index (χ1v) is 12.4. The number of amides is 3. The molecule has 2 atom stereocenters. The first-order valence-electron chi connectivity index (χ1n) is 11.6. The van der Waals surface area contributed by atoms with Crippen LogP contribution in [-0.4, -0.2) is 58.0 Å². The highest BCUT2D eigenvalue weighted by molar-refractivity contribution is 8.01. The summed E-state index contributed by atoms with van der Waals surface area (Å²) in [6, 6.07) is 7.82. The number of halogens is 2. The van der Waals surface area contributed by atoms with E-state index in [0.717, 1.165) is 21.0 Å². The SMILES string of the molecule is CC(C)(C)c1ccc2c(c1)NC(C(=O)Nc1cnccc1C(=O)NCC(=O)N1CC(F)(F)C[C@H]1C#N)S2. The second-order valence-corrected chi connectivity index (χ2v) is 11.1. The molecule has 0 radical (unpaired) electrons. The average molecular weight is 529 g/mol. The number of rotatable bonds is 5. The lowest BCUT2D eigenvalue weighted by atomic mass is 9.87. The van der Waals surface area contributed by atoms with Crippen LogP contribution in [0, 0.1) is 11.3 Å². The topological polar surface area (TPSA) is 127 Å². The van der Waals surface area contributed by atoms with E-state index < -0.39 is 54.6 Å². The fourth-order valence-corrected chi connectivity index (χ4v) is 5.06. The molecule has 9 nitrogen and oxygen atoms in total. The van der Waals surface area contributed by atoms with Crippen LogP contribution in [0.1, 0.15) is 43.1 Å². The van der Waals surface area contributed by atoms with E-state index in [1.807, 2.05) is 18.2 Å². The van der Waals surface area contributed by atoms with E-state index in [2.05, 4.69) is 41.7 Å². The third kappa shape index (κ3) is 5.83. The minimum absolute atomic E-state index is 0.0494. The van der Waals surface area contributed by atoms with Crippen LogP contribution < -0.4 is 16.0 Å². The smallest absolute Gasteiger partial charge is 0.268 e. The highest BCUT2D eigenvalue weighted by atomic mass is 32.2. The number of aromatic nitrogens is 1. The molecule has 2 aromatic rings. The van der Waals surface area contributed by atoms with E-state index in [1.165, 1.54) is 30.2 Å². The third-order valence-electron chi connectivity index (χ3n) is 6.08. The molecule has 0 saturated carbocycles. The number of likely N-dealkylation sites (tertiary alicyclic amines) is 1. The van der Waals surface area contributed by atoms with Crippen molar-refractivity contribution in [3.05, 3.63) is 47.8 Å². The second kappa shape index (κ2) is 9.97. The number of pyridine rings is 1. The van der Waals surface area contributed by atoms with Gasteiger partial charge in [-0.3, -0.25) is 19.4 Å². The highest BCUT2D eigenvalue weighted by Crippen LogP contribution is 2.41. The van der Waals surface area contributed by atoms with Gasteiger partial charge in [0.15, 0.2) is 5.37 Å². The van der Waals surface area contributed by atoms with Crippen LogP contribution in [0.4, 0.5) is 20.2 Å². The van der Waals surface area contributed by atoms with Crippen LogP contribution in [0.15, 0.2) is 41.6 Å². The Balaban J connectivity index is 1.39. The fourth-order valence-electron chi connectivity index (χ4n) is 4.07. The maximum atomic E-state index is 13.6. The lowest BCUT2D eigenvalue weighted by Gasteiger charge is -2.20. The summed E-state index contributed by atoms with van der Waals surface area (Å²) in [5, 5.41) is 16.7. The minimum Gasteiger partial charge on any atom is -0.364 e. The Labute approximate surface area is 217 Å². The molecule has 37 heavy (non-hydrogen) atoms. The lowest BCUT2D eigenvalue weighted by molar-refractivity contribution is -0.131. The Morgan fingerprint density at radius 2 is 2.05 bits per heavy atom. The first kappa shape index (κ1) is 26.3.